The Kier molecular flexibility index (Phi) is 5.30. The Labute approximate surface area is 125 Å². The summed E-state index contributed by atoms with van der Waals surface area (Å²) >= 11 is 5.87. The van der Waals surface area contributed by atoms with E-state index >= 15 is 0 Å². The van der Waals surface area contributed by atoms with Gasteiger partial charge in [-0.3, -0.25) is 4.79 Å². The third-order valence-electron chi connectivity index (χ3n) is 3.91. The zero-order valence-electron chi connectivity index (χ0n) is 12.2. The molecule has 4 heteroatoms. The van der Waals surface area contributed by atoms with Crippen molar-refractivity contribution in [3.63, 3.8) is 0 Å². The molecule has 1 aromatic rings. The first kappa shape index (κ1) is 15.2. The third kappa shape index (κ3) is 3.09. The topological polar surface area (TPSA) is 29.5 Å². The third-order valence-corrected chi connectivity index (χ3v) is 4.07. The van der Waals surface area contributed by atoms with E-state index < -0.39 is 0 Å². The first-order valence-electron chi connectivity index (χ1n) is 7.33. The van der Waals surface area contributed by atoms with E-state index in [1.807, 2.05) is 23.1 Å². The van der Waals surface area contributed by atoms with E-state index in [1.54, 1.807) is 0 Å². The number of hydrogen-bond donors (Lipinski definition) is 0. The summed E-state index contributed by atoms with van der Waals surface area (Å²) in [4.78, 5) is 14.6. The van der Waals surface area contributed by atoms with Crippen LogP contribution in [0.3, 0.4) is 0 Å². The van der Waals surface area contributed by atoms with Crippen LogP contribution in [0.1, 0.15) is 42.6 Å². The Morgan fingerprint density at radius 2 is 2.15 bits per heavy atom. The summed E-state index contributed by atoms with van der Waals surface area (Å²) in [5.41, 5.74) is 1.87. The SMILES string of the molecule is CCC(CC)N(CCCl)C(=O)c1ccc2c(c1)CCO2. The average molecular weight is 296 g/mol. The van der Waals surface area contributed by atoms with Crippen LogP contribution in [0.25, 0.3) is 0 Å². The Balaban J connectivity index is 2.22. The molecule has 0 spiro atoms. The molecule has 110 valence electrons. The van der Waals surface area contributed by atoms with Crippen LogP contribution in [0, 0.1) is 0 Å². The number of carbonyl (C=O) groups excluding carboxylic acids is 1. The quantitative estimate of drug-likeness (QED) is 0.752. The maximum absolute atomic E-state index is 12.7. The van der Waals surface area contributed by atoms with Gasteiger partial charge in [-0.25, -0.2) is 0 Å². The van der Waals surface area contributed by atoms with Crippen molar-refractivity contribution in [3.05, 3.63) is 29.3 Å². The largest absolute Gasteiger partial charge is 0.493 e. The van der Waals surface area contributed by atoms with Crippen molar-refractivity contribution in [2.24, 2.45) is 0 Å². The summed E-state index contributed by atoms with van der Waals surface area (Å²) in [5.74, 6) is 1.46. The van der Waals surface area contributed by atoms with Crippen LogP contribution in [0.4, 0.5) is 0 Å². The highest BCUT2D eigenvalue weighted by atomic mass is 35.5. The number of carbonyl (C=O) groups is 1. The van der Waals surface area contributed by atoms with E-state index in [4.69, 9.17) is 16.3 Å². The lowest BCUT2D eigenvalue weighted by molar-refractivity contribution is 0.0681. The standard InChI is InChI=1S/C16H22ClNO2/c1-3-14(4-2)18(9-8-17)16(19)13-5-6-15-12(11-13)7-10-20-15/h5-6,11,14H,3-4,7-10H2,1-2H3. The fourth-order valence-corrected chi connectivity index (χ4v) is 2.94. The van der Waals surface area contributed by atoms with Crippen LogP contribution in [-0.2, 0) is 6.42 Å². The smallest absolute Gasteiger partial charge is 0.254 e. The second-order valence-corrected chi connectivity index (χ2v) is 5.46. The second-order valence-electron chi connectivity index (χ2n) is 5.08. The Hall–Kier alpha value is -1.22. The maximum atomic E-state index is 12.7. The molecule has 1 aliphatic rings. The normalized spacial score (nSPS) is 13.2. The van der Waals surface area contributed by atoms with E-state index in [0.717, 1.165) is 36.1 Å². The zero-order valence-corrected chi connectivity index (χ0v) is 12.9. The number of nitrogens with zero attached hydrogens (tertiary/aromatic N) is 1. The molecule has 0 aliphatic carbocycles. The van der Waals surface area contributed by atoms with Gasteiger partial charge in [-0.15, -0.1) is 11.6 Å². The van der Waals surface area contributed by atoms with Gasteiger partial charge in [-0.05, 0) is 36.6 Å². The number of rotatable bonds is 6. The summed E-state index contributed by atoms with van der Waals surface area (Å²) in [6.07, 6.45) is 2.79. The molecule has 2 rings (SSSR count). The molecule has 0 aromatic heterocycles. The summed E-state index contributed by atoms with van der Waals surface area (Å²) in [5, 5.41) is 0. The highest BCUT2D eigenvalue weighted by Crippen LogP contribution is 2.27. The summed E-state index contributed by atoms with van der Waals surface area (Å²) in [6, 6.07) is 5.98. The van der Waals surface area contributed by atoms with Crippen LogP contribution in [0.2, 0.25) is 0 Å². The first-order valence-corrected chi connectivity index (χ1v) is 7.87. The van der Waals surface area contributed by atoms with Crippen LogP contribution in [-0.4, -0.2) is 35.9 Å². The lowest BCUT2D eigenvalue weighted by Crippen LogP contribution is -2.41. The van der Waals surface area contributed by atoms with Crippen molar-refractivity contribution < 1.29 is 9.53 Å². The molecule has 0 saturated heterocycles. The highest BCUT2D eigenvalue weighted by molar-refractivity contribution is 6.18. The van der Waals surface area contributed by atoms with Crippen LogP contribution in [0.5, 0.6) is 5.75 Å². The van der Waals surface area contributed by atoms with Gasteiger partial charge in [0.2, 0.25) is 0 Å². The lowest BCUT2D eigenvalue weighted by atomic mass is 10.1. The van der Waals surface area contributed by atoms with Gasteiger partial charge in [0.05, 0.1) is 6.61 Å². The molecule has 1 aromatic carbocycles. The summed E-state index contributed by atoms with van der Waals surface area (Å²) in [7, 11) is 0. The Morgan fingerprint density at radius 3 is 2.80 bits per heavy atom. The molecular weight excluding hydrogens is 274 g/mol. The molecule has 20 heavy (non-hydrogen) atoms. The highest BCUT2D eigenvalue weighted by Gasteiger charge is 2.23. The molecule has 0 atom stereocenters. The van der Waals surface area contributed by atoms with Gasteiger partial charge >= 0.3 is 0 Å². The lowest BCUT2D eigenvalue weighted by Gasteiger charge is -2.30. The van der Waals surface area contributed by atoms with Crippen molar-refractivity contribution in [1.29, 1.82) is 0 Å². The first-order chi connectivity index (χ1) is 9.71. The fraction of sp³-hybridized carbons (Fsp3) is 0.562. The molecule has 1 heterocycles. The average Bonchev–Trinajstić information content (AvgIpc) is 2.94. The minimum absolute atomic E-state index is 0.0778. The molecule has 0 N–H and O–H groups in total. The molecule has 1 aliphatic heterocycles. The number of hydrogen-bond acceptors (Lipinski definition) is 2. The molecule has 0 saturated carbocycles. The van der Waals surface area contributed by atoms with Gasteiger partial charge in [-0.2, -0.15) is 0 Å². The van der Waals surface area contributed by atoms with Crippen LogP contribution < -0.4 is 4.74 Å². The monoisotopic (exact) mass is 295 g/mol. The molecule has 0 bridgehead atoms. The summed E-state index contributed by atoms with van der Waals surface area (Å²) in [6.45, 7) is 5.53. The minimum atomic E-state index is 0.0778. The van der Waals surface area contributed by atoms with Gasteiger partial charge in [0.15, 0.2) is 0 Å². The van der Waals surface area contributed by atoms with Crippen molar-refractivity contribution in [1.82, 2.24) is 4.90 Å². The number of benzene rings is 1. The van der Waals surface area contributed by atoms with Gasteiger partial charge in [-0.1, -0.05) is 13.8 Å². The predicted molar refractivity (Wildman–Crippen MR) is 81.8 cm³/mol. The minimum Gasteiger partial charge on any atom is -0.493 e. The number of amides is 1. The Morgan fingerprint density at radius 1 is 1.40 bits per heavy atom. The van der Waals surface area contributed by atoms with Gasteiger partial charge in [0, 0.05) is 30.5 Å². The van der Waals surface area contributed by atoms with Gasteiger partial charge < -0.3 is 9.64 Å². The van der Waals surface area contributed by atoms with Crippen molar-refractivity contribution >= 4 is 17.5 Å². The second kappa shape index (κ2) is 6.98. The van der Waals surface area contributed by atoms with E-state index in [1.165, 1.54) is 0 Å². The van der Waals surface area contributed by atoms with E-state index in [9.17, 15) is 4.79 Å². The Bertz CT molecular complexity index is 472. The molecule has 0 radical (unpaired) electrons. The van der Waals surface area contributed by atoms with E-state index in [0.29, 0.717) is 19.0 Å². The fourth-order valence-electron chi connectivity index (χ4n) is 2.76. The van der Waals surface area contributed by atoms with Crippen molar-refractivity contribution in [2.45, 2.75) is 39.2 Å². The number of halogens is 1. The number of fused-ring (bicyclic) bond motifs is 1. The molecule has 1 amide bonds. The molecule has 3 nitrogen and oxygen atoms in total. The molecular formula is C16H22ClNO2. The number of ether oxygens (including phenoxy) is 1. The van der Waals surface area contributed by atoms with E-state index in [-0.39, 0.29) is 11.9 Å². The summed E-state index contributed by atoms with van der Waals surface area (Å²) < 4.78 is 5.48. The number of alkyl halides is 1. The van der Waals surface area contributed by atoms with Gasteiger partial charge in [0.25, 0.3) is 5.91 Å². The molecule has 0 unspecified atom stereocenters. The van der Waals surface area contributed by atoms with Gasteiger partial charge in [0.1, 0.15) is 5.75 Å². The predicted octanol–water partition coefficient (Wildman–Crippen LogP) is 3.49. The van der Waals surface area contributed by atoms with Crippen LogP contribution >= 0.6 is 11.6 Å². The van der Waals surface area contributed by atoms with Crippen molar-refractivity contribution in [3.8, 4) is 5.75 Å². The van der Waals surface area contributed by atoms with Crippen molar-refractivity contribution in [2.75, 3.05) is 19.0 Å². The maximum Gasteiger partial charge on any atom is 0.254 e. The zero-order chi connectivity index (χ0) is 14.5. The van der Waals surface area contributed by atoms with Crippen LogP contribution in [0.15, 0.2) is 18.2 Å². The van der Waals surface area contributed by atoms with E-state index in [2.05, 4.69) is 13.8 Å². The molecule has 0 fully saturated rings.